The highest BCUT2D eigenvalue weighted by Crippen LogP contribution is 2.56. The number of amides is 2. The number of rotatable bonds is 15. The van der Waals surface area contributed by atoms with Gasteiger partial charge in [-0.25, -0.2) is 4.79 Å². The van der Waals surface area contributed by atoms with Crippen LogP contribution in [0.5, 0.6) is 0 Å². The molecule has 1 rings (SSSR count). The molecule has 3 N–H and O–H groups in total. The number of nitrogens with one attached hydrogen (secondary N) is 2. The van der Waals surface area contributed by atoms with Crippen LogP contribution in [0, 0.1) is 0 Å². The fraction of sp³-hybridized carbons (Fsp3) is 0.706. The van der Waals surface area contributed by atoms with Crippen LogP contribution in [0.4, 0.5) is 10.5 Å². The van der Waals surface area contributed by atoms with Crippen LogP contribution in [0.15, 0.2) is 10.7 Å². The van der Waals surface area contributed by atoms with Crippen molar-refractivity contribution in [1.82, 2.24) is 5.32 Å². The molecule has 0 saturated carbocycles. The van der Waals surface area contributed by atoms with E-state index in [2.05, 4.69) is 10.6 Å². The van der Waals surface area contributed by atoms with Gasteiger partial charge in [-0.3, -0.25) is 9.13 Å². The first-order valence-electron chi connectivity index (χ1n) is 9.77. The summed E-state index contributed by atoms with van der Waals surface area (Å²) in [6.45, 7) is 7.19. The Morgan fingerprint density at radius 2 is 1.47 bits per heavy atom. The lowest BCUT2D eigenvalue weighted by Gasteiger charge is -2.19. The molecule has 0 fully saturated rings. The van der Waals surface area contributed by atoms with Crippen molar-refractivity contribution in [3.8, 4) is 0 Å². The quantitative estimate of drug-likeness (QED) is 0.325. The second kappa shape index (κ2) is 13.3. The largest absolute Gasteiger partial charge is 0.466 e. The lowest BCUT2D eigenvalue weighted by atomic mass is 10.2. The average Bonchev–Trinajstić information content (AvgIpc) is 3.01. The number of urea groups is 1. The molecule has 1 heterocycles. The van der Waals surface area contributed by atoms with Gasteiger partial charge in [-0.1, -0.05) is 0 Å². The molecule has 174 valence electrons. The molecule has 0 radical (unpaired) electrons. The van der Waals surface area contributed by atoms with Gasteiger partial charge in [0.05, 0.1) is 44.9 Å². The Kier molecular flexibility index (Phi) is 11.9. The van der Waals surface area contributed by atoms with Crippen LogP contribution in [-0.2, 0) is 39.5 Å². The van der Waals surface area contributed by atoms with Crippen LogP contribution in [0.2, 0.25) is 0 Å². The first kappa shape index (κ1) is 26.8. The van der Waals surface area contributed by atoms with Crippen molar-refractivity contribution >= 4 is 26.9 Å². The van der Waals surface area contributed by atoms with E-state index < -0.39 is 21.2 Å². The van der Waals surface area contributed by atoms with Gasteiger partial charge in [0.25, 0.3) is 0 Å². The highest BCUT2D eigenvalue weighted by molar-refractivity contribution is 7.53. The van der Waals surface area contributed by atoms with Crippen molar-refractivity contribution < 1.29 is 41.5 Å². The highest BCUT2D eigenvalue weighted by atomic mass is 31.2. The average molecular weight is 470 g/mol. The van der Waals surface area contributed by atoms with Crippen LogP contribution in [0.3, 0.4) is 0 Å². The second-order valence-electron chi connectivity index (χ2n) is 5.86. The summed E-state index contributed by atoms with van der Waals surface area (Å²) in [6.07, 6.45) is 0.810. The van der Waals surface area contributed by atoms with E-state index in [0.717, 1.165) is 0 Å². The lowest BCUT2D eigenvalue weighted by Crippen LogP contribution is -2.31. The molecule has 0 unspecified atom stereocenters. The van der Waals surface area contributed by atoms with E-state index >= 15 is 0 Å². The number of anilines is 1. The summed E-state index contributed by atoms with van der Waals surface area (Å²) in [5.41, 5.74) is 0.513. The van der Waals surface area contributed by atoms with Gasteiger partial charge in [-0.2, -0.15) is 0 Å². The molecule has 1 aromatic heterocycles. The van der Waals surface area contributed by atoms with E-state index in [1.165, 1.54) is 6.26 Å². The third-order valence-electron chi connectivity index (χ3n) is 3.62. The Balaban J connectivity index is 3.28. The Hall–Kier alpha value is -1.19. The van der Waals surface area contributed by atoms with Crippen molar-refractivity contribution in [2.45, 2.75) is 40.0 Å². The maximum atomic E-state index is 13.1. The molecular weight excluding hydrogens is 438 g/mol. The molecular formula is C17H32N2O9P2. The summed E-state index contributed by atoms with van der Waals surface area (Å²) in [5, 5.41) is 13.9. The number of carbonyl (C=O) groups is 1. The summed E-state index contributed by atoms with van der Waals surface area (Å²) >= 11 is 0. The Morgan fingerprint density at radius 1 is 0.967 bits per heavy atom. The van der Waals surface area contributed by atoms with Crippen LogP contribution in [-0.4, -0.2) is 50.7 Å². The number of carbonyl (C=O) groups excluding carboxylic acids is 1. The van der Waals surface area contributed by atoms with E-state index in [0.29, 0.717) is 5.56 Å². The number of hydrogen-bond acceptors (Lipinski definition) is 9. The van der Waals surface area contributed by atoms with Crippen molar-refractivity contribution in [3.63, 3.8) is 0 Å². The van der Waals surface area contributed by atoms with Gasteiger partial charge in [0.2, 0.25) is 0 Å². The van der Waals surface area contributed by atoms with Gasteiger partial charge in [0.15, 0.2) is 0 Å². The summed E-state index contributed by atoms with van der Waals surface area (Å²) in [7, 11) is -7.10. The van der Waals surface area contributed by atoms with E-state index in [1.54, 1.807) is 27.7 Å². The third kappa shape index (κ3) is 8.51. The smallest absolute Gasteiger partial charge is 0.338 e. The normalized spacial score (nSPS) is 12.2. The fourth-order valence-corrected chi connectivity index (χ4v) is 6.02. The topological polar surface area (TPSA) is 146 Å². The minimum Gasteiger partial charge on any atom is -0.466 e. The first-order valence-corrected chi connectivity index (χ1v) is 13.2. The van der Waals surface area contributed by atoms with Crippen molar-refractivity contribution in [2.75, 3.05) is 44.9 Å². The van der Waals surface area contributed by atoms with E-state index in [-0.39, 0.29) is 63.4 Å². The highest BCUT2D eigenvalue weighted by Gasteiger charge is 2.33. The number of furan rings is 1. The molecule has 11 nitrogen and oxygen atoms in total. The Morgan fingerprint density at radius 3 is 1.93 bits per heavy atom. The van der Waals surface area contributed by atoms with Crippen LogP contribution >= 0.6 is 15.2 Å². The number of aliphatic hydroxyl groups excluding tert-OH is 1. The minimum absolute atomic E-state index is 0.0478. The van der Waals surface area contributed by atoms with E-state index in [1.807, 2.05) is 0 Å². The maximum absolute atomic E-state index is 13.1. The molecule has 0 aromatic carbocycles. The van der Waals surface area contributed by atoms with Gasteiger partial charge in [0.1, 0.15) is 18.2 Å². The fourth-order valence-electron chi connectivity index (χ4n) is 2.58. The minimum atomic E-state index is -3.57. The van der Waals surface area contributed by atoms with Crippen LogP contribution in [0.25, 0.3) is 0 Å². The van der Waals surface area contributed by atoms with Gasteiger partial charge < -0.3 is 38.3 Å². The Bertz CT molecular complexity index is 734. The molecule has 0 bridgehead atoms. The summed E-state index contributed by atoms with van der Waals surface area (Å²) < 4.78 is 52.9. The number of aliphatic hydroxyl groups is 1. The molecule has 0 aliphatic rings. The predicted octanol–water partition coefficient (Wildman–Crippen LogP) is 3.93. The standard InChI is InChI=1S/C17H32N2O9P2/c1-5-25-29(22,26-6-2)12-14-15(19-17(21)18-9-10-20)11-24-16(14)13-30(23,27-7-3)28-8-4/h11,20H,5-10,12-13H2,1-4H3,(H2,18,19,21). The summed E-state index contributed by atoms with van der Waals surface area (Å²) in [6, 6.07) is -0.599. The molecule has 13 heteroatoms. The molecule has 30 heavy (non-hydrogen) atoms. The van der Waals surface area contributed by atoms with Gasteiger partial charge >= 0.3 is 21.2 Å². The predicted molar refractivity (Wildman–Crippen MR) is 112 cm³/mol. The van der Waals surface area contributed by atoms with E-state index in [4.69, 9.17) is 27.6 Å². The third-order valence-corrected chi connectivity index (χ3v) is 7.60. The first-order chi connectivity index (χ1) is 14.3. The maximum Gasteiger partial charge on any atom is 0.338 e. The second-order valence-corrected chi connectivity index (χ2v) is 9.97. The van der Waals surface area contributed by atoms with Gasteiger partial charge in [0, 0.05) is 12.1 Å². The van der Waals surface area contributed by atoms with E-state index in [9.17, 15) is 13.9 Å². The molecule has 1 aromatic rings. The summed E-state index contributed by atoms with van der Waals surface area (Å²) in [4.78, 5) is 12.0. The SMILES string of the molecule is CCOP(=O)(Cc1occ(NC(=O)NCCO)c1CP(=O)(OCC)OCC)OCC. The molecule has 0 saturated heterocycles. The molecule has 0 aliphatic carbocycles. The zero-order valence-corrected chi connectivity index (χ0v) is 19.6. The molecule has 0 spiro atoms. The zero-order valence-electron chi connectivity index (χ0n) is 17.8. The lowest BCUT2D eigenvalue weighted by molar-refractivity contribution is 0.215. The van der Waals surface area contributed by atoms with Crippen LogP contribution in [0.1, 0.15) is 39.0 Å². The van der Waals surface area contributed by atoms with Crippen molar-refractivity contribution in [1.29, 1.82) is 0 Å². The van der Waals surface area contributed by atoms with Gasteiger partial charge in [-0.15, -0.1) is 0 Å². The van der Waals surface area contributed by atoms with Gasteiger partial charge in [-0.05, 0) is 27.7 Å². The molecule has 0 aliphatic heterocycles. The zero-order chi connectivity index (χ0) is 22.6. The van der Waals surface area contributed by atoms with Crippen LogP contribution < -0.4 is 10.6 Å². The Labute approximate surface area is 176 Å². The molecule has 2 amide bonds. The van der Waals surface area contributed by atoms with Crippen molar-refractivity contribution in [3.05, 3.63) is 17.6 Å². The van der Waals surface area contributed by atoms with Crippen molar-refractivity contribution in [2.24, 2.45) is 0 Å². The molecule has 0 atom stereocenters. The number of hydrogen-bond donors (Lipinski definition) is 3. The monoisotopic (exact) mass is 470 g/mol. The summed E-state index contributed by atoms with van der Waals surface area (Å²) in [5.74, 6) is 0.178.